The van der Waals surface area contributed by atoms with Crippen LogP contribution in [-0.4, -0.2) is 53.6 Å². The Hall–Kier alpha value is -3.45. The lowest BCUT2D eigenvalue weighted by Gasteiger charge is -2.36. The molecule has 0 N–H and O–H groups in total. The highest BCUT2D eigenvalue weighted by molar-refractivity contribution is 7.98. The van der Waals surface area contributed by atoms with Crippen LogP contribution in [0, 0.1) is 0 Å². The first-order valence-corrected chi connectivity index (χ1v) is 12.5. The zero-order valence-electron chi connectivity index (χ0n) is 19.3. The van der Waals surface area contributed by atoms with Gasteiger partial charge in [0.05, 0.1) is 12.6 Å². The lowest BCUT2D eigenvalue weighted by Crippen LogP contribution is -2.49. The van der Waals surface area contributed by atoms with E-state index in [2.05, 4.69) is 52.3 Å². The molecule has 34 heavy (non-hydrogen) atoms. The molecular formula is C27H28N4O2S. The predicted octanol–water partition coefficient (Wildman–Crippen LogP) is 4.69. The predicted molar refractivity (Wildman–Crippen MR) is 138 cm³/mol. The second-order valence-corrected chi connectivity index (χ2v) is 9.30. The third kappa shape index (κ3) is 4.89. The molecule has 174 valence electrons. The largest absolute Gasteiger partial charge is 0.497 e. The maximum atomic E-state index is 13.1. The van der Waals surface area contributed by atoms with Crippen LogP contribution >= 0.6 is 11.8 Å². The first-order valence-electron chi connectivity index (χ1n) is 11.5. The topological polar surface area (TPSA) is 50.6 Å². The Kier molecular flexibility index (Phi) is 6.72. The molecule has 1 aliphatic rings. The van der Waals surface area contributed by atoms with Gasteiger partial charge >= 0.3 is 0 Å². The van der Waals surface area contributed by atoms with Crippen LogP contribution in [0.4, 0.5) is 5.69 Å². The number of amides is 1. The van der Waals surface area contributed by atoms with Crippen LogP contribution in [0.25, 0.3) is 10.9 Å². The van der Waals surface area contributed by atoms with Gasteiger partial charge in [0.2, 0.25) is 5.91 Å². The van der Waals surface area contributed by atoms with E-state index >= 15 is 0 Å². The summed E-state index contributed by atoms with van der Waals surface area (Å²) >= 11 is 1.73. The van der Waals surface area contributed by atoms with Crippen molar-refractivity contribution < 1.29 is 9.53 Å². The van der Waals surface area contributed by atoms with Gasteiger partial charge < -0.3 is 19.1 Å². The number of benzene rings is 2. The fourth-order valence-corrected chi connectivity index (χ4v) is 5.29. The van der Waals surface area contributed by atoms with E-state index in [0.717, 1.165) is 59.3 Å². The fraction of sp³-hybridized carbons (Fsp3) is 0.259. The van der Waals surface area contributed by atoms with Gasteiger partial charge in [0, 0.05) is 55.4 Å². The van der Waals surface area contributed by atoms with E-state index in [1.807, 2.05) is 46.1 Å². The number of carbonyl (C=O) groups is 1. The first-order chi connectivity index (χ1) is 16.7. The van der Waals surface area contributed by atoms with E-state index in [1.165, 1.54) is 5.56 Å². The zero-order valence-corrected chi connectivity index (χ0v) is 20.1. The highest BCUT2D eigenvalue weighted by atomic mass is 32.2. The molecular weight excluding hydrogens is 444 g/mol. The van der Waals surface area contributed by atoms with E-state index in [-0.39, 0.29) is 5.91 Å². The van der Waals surface area contributed by atoms with Crippen molar-refractivity contribution in [3.8, 4) is 5.75 Å². The number of methoxy groups -OCH3 is 1. The minimum absolute atomic E-state index is 0.155. The molecule has 1 amide bonds. The average Bonchev–Trinajstić information content (AvgIpc) is 3.31. The quantitative estimate of drug-likeness (QED) is 0.366. The summed E-state index contributed by atoms with van der Waals surface area (Å²) in [6.07, 6.45) is 3.84. The molecule has 3 heterocycles. The summed E-state index contributed by atoms with van der Waals surface area (Å²) < 4.78 is 7.29. The third-order valence-corrected chi connectivity index (χ3v) is 7.33. The number of anilines is 1. The molecule has 1 saturated heterocycles. The minimum Gasteiger partial charge on any atom is -0.497 e. The second-order valence-electron chi connectivity index (χ2n) is 8.33. The number of rotatable bonds is 7. The Balaban J connectivity index is 1.21. The van der Waals surface area contributed by atoms with Crippen LogP contribution in [0.2, 0.25) is 0 Å². The Labute approximate surface area is 204 Å². The second kappa shape index (κ2) is 10.2. The van der Waals surface area contributed by atoms with Crippen LogP contribution < -0.4 is 9.64 Å². The molecule has 1 aliphatic heterocycles. The number of piperazine rings is 1. The molecule has 0 atom stereocenters. The van der Waals surface area contributed by atoms with E-state index in [0.29, 0.717) is 6.54 Å². The molecule has 0 spiro atoms. The summed E-state index contributed by atoms with van der Waals surface area (Å²) in [6, 6.07) is 22.6. The Morgan fingerprint density at radius 3 is 2.47 bits per heavy atom. The summed E-state index contributed by atoms with van der Waals surface area (Å²) in [7, 11) is 1.67. The van der Waals surface area contributed by atoms with E-state index < -0.39 is 0 Å². The minimum atomic E-state index is 0.155. The fourth-order valence-electron chi connectivity index (χ4n) is 4.33. The van der Waals surface area contributed by atoms with Gasteiger partial charge in [-0.3, -0.25) is 4.79 Å². The molecule has 2 aromatic carbocycles. The number of ether oxygens (including phenoxy) is 1. The zero-order chi connectivity index (χ0) is 23.3. The van der Waals surface area contributed by atoms with E-state index in [1.54, 1.807) is 18.9 Å². The summed E-state index contributed by atoms with van der Waals surface area (Å²) in [5, 5.41) is 2.10. The highest BCUT2D eigenvalue weighted by Gasteiger charge is 2.22. The lowest BCUT2D eigenvalue weighted by molar-refractivity contribution is -0.132. The summed E-state index contributed by atoms with van der Waals surface area (Å²) in [5.41, 5.74) is 3.49. The Morgan fingerprint density at radius 2 is 1.74 bits per heavy atom. The monoisotopic (exact) mass is 472 g/mol. The molecule has 0 saturated carbocycles. The molecule has 4 aromatic rings. The molecule has 2 aromatic heterocycles. The van der Waals surface area contributed by atoms with Crippen molar-refractivity contribution in [1.82, 2.24) is 14.5 Å². The van der Waals surface area contributed by atoms with Crippen molar-refractivity contribution >= 4 is 34.3 Å². The van der Waals surface area contributed by atoms with Crippen molar-refractivity contribution in [2.75, 3.05) is 38.2 Å². The van der Waals surface area contributed by atoms with Crippen molar-refractivity contribution in [1.29, 1.82) is 0 Å². The molecule has 0 bridgehead atoms. The molecule has 1 fully saturated rings. The normalized spacial score (nSPS) is 13.9. The van der Waals surface area contributed by atoms with Crippen molar-refractivity contribution in [3.63, 3.8) is 0 Å². The van der Waals surface area contributed by atoms with Gasteiger partial charge in [0.25, 0.3) is 0 Å². The van der Waals surface area contributed by atoms with Gasteiger partial charge in [-0.25, -0.2) is 4.98 Å². The molecule has 0 radical (unpaired) electrons. The Morgan fingerprint density at radius 1 is 0.971 bits per heavy atom. The van der Waals surface area contributed by atoms with Crippen LogP contribution in [0.5, 0.6) is 5.75 Å². The van der Waals surface area contributed by atoms with Gasteiger partial charge in [-0.1, -0.05) is 30.3 Å². The van der Waals surface area contributed by atoms with Crippen molar-refractivity contribution in [2.24, 2.45) is 0 Å². The number of nitrogens with zero attached hydrogens (tertiary/aromatic N) is 4. The average molecular weight is 473 g/mol. The van der Waals surface area contributed by atoms with Crippen LogP contribution in [0.15, 0.2) is 84.1 Å². The standard InChI is InChI=1S/C27H28N4O2S/c1-33-23-9-7-22(8-10-23)29-15-17-30(18-16-29)26(32)19-31-14-12-24-25(31)11-13-28-27(24)34-20-21-5-3-2-4-6-21/h2-14H,15-20H2,1H3. The first kappa shape index (κ1) is 22.3. The maximum absolute atomic E-state index is 13.1. The van der Waals surface area contributed by atoms with Gasteiger partial charge in [-0.15, -0.1) is 11.8 Å². The van der Waals surface area contributed by atoms with Crippen LogP contribution in [0.3, 0.4) is 0 Å². The number of carbonyl (C=O) groups excluding carboxylic acids is 1. The van der Waals surface area contributed by atoms with Crippen molar-refractivity contribution in [3.05, 3.63) is 84.7 Å². The number of thioether (sulfide) groups is 1. The molecule has 0 unspecified atom stereocenters. The number of pyridine rings is 1. The summed E-state index contributed by atoms with van der Waals surface area (Å²) in [4.78, 5) is 22.0. The number of fused-ring (bicyclic) bond motifs is 1. The van der Waals surface area contributed by atoms with Crippen LogP contribution in [0.1, 0.15) is 5.56 Å². The highest BCUT2D eigenvalue weighted by Crippen LogP contribution is 2.29. The van der Waals surface area contributed by atoms with E-state index in [4.69, 9.17) is 4.74 Å². The van der Waals surface area contributed by atoms with Gasteiger partial charge in [0.1, 0.15) is 17.3 Å². The SMILES string of the molecule is COc1ccc(N2CCN(C(=O)Cn3ccc4c(SCc5ccccc5)nccc43)CC2)cc1. The molecule has 6 nitrogen and oxygen atoms in total. The van der Waals surface area contributed by atoms with Gasteiger partial charge in [-0.05, 0) is 42.0 Å². The lowest BCUT2D eigenvalue weighted by atomic mass is 10.2. The van der Waals surface area contributed by atoms with E-state index in [9.17, 15) is 4.79 Å². The molecule has 5 rings (SSSR count). The van der Waals surface area contributed by atoms with Gasteiger partial charge in [0.15, 0.2) is 0 Å². The number of aromatic nitrogens is 2. The summed E-state index contributed by atoms with van der Waals surface area (Å²) in [6.45, 7) is 3.45. The number of hydrogen-bond donors (Lipinski definition) is 0. The molecule has 0 aliphatic carbocycles. The maximum Gasteiger partial charge on any atom is 0.242 e. The van der Waals surface area contributed by atoms with Crippen molar-refractivity contribution in [2.45, 2.75) is 17.3 Å². The summed E-state index contributed by atoms with van der Waals surface area (Å²) in [5.74, 6) is 1.88. The third-order valence-electron chi connectivity index (χ3n) is 6.26. The van der Waals surface area contributed by atoms with Gasteiger partial charge in [-0.2, -0.15) is 0 Å². The van der Waals surface area contributed by atoms with Crippen LogP contribution in [-0.2, 0) is 17.1 Å². The number of hydrogen-bond acceptors (Lipinski definition) is 5. The Bertz CT molecular complexity index is 1250. The molecule has 7 heteroatoms. The smallest absolute Gasteiger partial charge is 0.242 e.